The van der Waals surface area contributed by atoms with Crippen LogP contribution in [0.25, 0.3) is 0 Å². The number of aryl methyl sites for hydroxylation is 2. The van der Waals surface area contributed by atoms with Gasteiger partial charge in [-0.25, -0.2) is 0 Å². The Morgan fingerprint density at radius 1 is 1.12 bits per heavy atom. The average molecular weight is 341 g/mol. The van der Waals surface area contributed by atoms with Crippen LogP contribution in [0.1, 0.15) is 30.9 Å². The third-order valence-corrected chi connectivity index (χ3v) is 4.01. The Labute approximate surface area is 150 Å². The highest BCUT2D eigenvalue weighted by Crippen LogP contribution is 2.16. The van der Waals surface area contributed by atoms with Crippen molar-refractivity contribution in [1.29, 1.82) is 0 Å². The van der Waals surface area contributed by atoms with Crippen LogP contribution < -0.4 is 14.8 Å². The zero-order valence-electron chi connectivity index (χ0n) is 15.2. The minimum absolute atomic E-state index is 0.0605. The summed E-state index contributed by atoms with van der Waals surface area (Å²) in [5.74, 6) is 1.53. The summed E-state index contributed by atoms with van der Waals surface area (Å²) in [5.41, 5.74) is 2.32. The van der Waals surface area contributed by atoms with E-state index in [1.807, 2.05) is 56.3 Å². The first-order valence-electron chi connectivity index (χ1n) is 8.76. The van der Waals surface area contributed by atoms with Crippen LogP contribution in [-0.4, -0.2) is 25.7 Å². The Kier molecular flexibility index (Phi) is 7.33. The molecule has 0 spiro atoms. The maximum absolute atomic E-state index is 12.3. The number of nitrogens with one attached hydrogen (secondary N) is 1. The van der Waals surface area contributed by atoms with E-state index in [-0.39, 0.29) is 5.91 Å². The molecule has 2 rings (SSSR count). The lowest BCUT2D eigenvalue weighted by Gasteiger charge is -2.17. The van der Waals surface area contributed by atoms with Gasteiger partial charge in [0, 0.05) is 6.54 Å². The Morgan fingerprint density at radius 3 is 2.60 bits per heavy atom. The molecule has 1 N–H and O–H groups in total. The second kappa shape index (κ2) is 9.72. The topological polar surface area (TPSA) is 47.6 Å². The van der Waals surface area contributed by atoms with Crippen LogP contribution in [0, 0.1) is 6.92 Å². The molecule has 1 amide bonds. The van der Waals surface area contributed by atoms with Crippen molar-refractivity contribution < 1.29 is 14.3 Å². The number of carbonyl (C=O) groups is 1. The molecule has 0 aliphatic heterocycles. The minimum Gasteiger partial charge on any atom is -0.497 e. The summed E-state index contributed by atoms with van der Waals surface area (Å²) in [6.45, 7) is 4.59. The fraction of sp³-hybridized carbons (Fsp3) is 0.381. The lowest BCUT2D eigenvalue weighted by molar-refractivity contribution is -0.128. The van der Waals surface area contributed by atoms with Crippen molar-refractivity contribution in [3.05, 3.63) is 59.7 Å². The van der Waals surface area contributed by atoms with Crippen LogP contribution in [0.5, 0.6) is 11.5 Å². The summed E-state index contributed by atoms with van der Waals surface area (Å²) in [5, 5.41) is 2.97. The van der Waals surface area contributed by atoms with E-state index in [9.17, 15) is 4.79 Å². The molecule has 134 valence electrons. The van der Waals surface area contributed by atoms with Crippen LogP contribution in [-0.2, 0) is 11.2 Å². The summed E-state index contributed by atoms with van der Waals surface area (Å²) in [6, 6.07) is 15.8. The van der Waals surface area contributed by atoms with Gasteiger partial charge >= 0.3 is 0 Å². The average Bonchev–Trinajstić information content (AvgIpc) is 2.63. The van der Waals surface area contributed by atoms with Gasteiger partial charge in [0.05, 0.1) is 7.11 Å². The molecule has 2 aromatic rings. The van der Waals surface area contributed by atoms with Gasteiger partial charge in [0.1, 0.15) is 11.5 Å². The largest absolute Gasteiger partial charge is 0.497 e. The molecule has 0 aromatic heterocycles. The van der Waals surface area contributed by atoms with Gasteiger partial charge in [-0.3, -0.25) is 4.79 Å². The zero-order valence-corrected chi connectivity index (χ0v) is 15.2. The lowest BCUT2D eigenvalue weighted by atomic mass is 10.1. The summed E-state index contributed by atoms with van der Waals surface area (Å²) >= 11 is 0. The fourth-order valence-corrected chi connectivity index (χ4v) is 2.62. The molecule has 0 fully saturated rings. The molecule has 0 unspecified atom stereocenters. The van der Waals surface area contributed by atoms with Crippen LogP contribution in [0.3, 0.4) is 0 Å². The zero-order chi connectivity index (χ0) is 18.1. The molecular formula is C21H27NO3. The van der Waals surface area contributed by atoms with Crippen molar-refractivity contribution >= 4 is 5.91 Å². The van der Waals surface area contributed by atoms with Gasteiger partial charge in [0.25, 0.3) is 5.91 Å². The number of rotatable bonds is 9. The van der Waals surface area contributed by atoms with Crippen molar-refractivity contribution in [3.63, 3.8) is 0 Å². The Morgan fingerprint density at radius 2 is 1.88 bits per heavy atom. The van der Waals surface area contributed by atoms with Crippen molar-refractivity contribution in [2.24, 2.45) is 0 Å². The number of benzene rings is 2. The van der Waals surface area contributed by atoms with E-state index in [0.29, 0.717) is 13.0 Å². The minimum atomic E-state index is -0.460. The smallest absolute Gasteiger partial charge is 0.261 e. The fourth-order valence-electron chi connectivity index (χ4n) is 2.62. The van der Waals surface area contributed by atoms with E-state index >= 15 is 0 Å². The Bertz CT molecular complexity index is 684. The molecule has 0 heterocycles. The number of hydrogen-bond donors (Lipinski definition) is 1. The van der Waals surface area contributed by atoms with Crippen molar-refractivity contribution in [2.75, 3.05) is 13.7 Å². The number of amides is 1. The molecule has 0 saturated heterocycles. The highest BCUT2D eigenvalue weighted by molar-refractivity contribution is 5.81. The van der Waals surface area contributed by atoms with Crippen LogP contribution >= 0.6 is 0 Å². The quantitative estimate of drug-likeness (QED) is 0.704. The maximum Gasteiger partial charge on any atom is 0.261 e. The van der Waals surface area contributed by atoms with Gasteiger partial charge in [0.15, 0.2) is 6.10 Å². The Balaban J connectivity index is 1.77. The van der Waals surface area contributed by atoms with Crippen molar-refractivity contribution in [3.8, 4) is 11.5 Å². The van der Waals surface area contributed by atoms with Crippen molar-refractivity contribution in [1.82, 2.24) is 5.32 Å². The van der Waals surface area contributed by atoms with E-state index in [0.717, 1.165) is 29.9 Å². The first-order valence-corrected chi connectivity index (χ1v) is 8.76. The van der Waals surface area contributed by atoms with Gasteiger partial charge in [-0.15, -0.1) is 0 Å². The molecule has 0 radical (unpaired) electrons. The van der Waals surface area contributed by atoms with Gasteiger partial charge in [-0.2, -0.15) is 0 Å². The van der Waals surface area contributed by atoms with Gasteiger partial charge in [0.2, 0.25) is 0 Å². The second-order valence-electron chi connectivity index (χ2n) is 6.08. The van der Waals surface area contributed by atoms with Crippen molar-refractivity contribution in [2.45, 2.75) is 39.2 Å². The molecule has 1 atom stereocenters. The summed E-state index contributed by atoms with van der Waals surface area (Å²) in [7, 11) is 1.67. The molecule has 2 aromatic carbocycles. The molecule has 0 bridgehead atoms. The number of methoxy groups -OCH3 is 1. The standard InChI is InChI=1S/C21H27NO3/c1-4-20(25-19-12-5-8-16(2)14-19)21(23)22-13-7-10-17-9-6-11-18(15-17)24-3/h5-6,8-9,11-12,14-15,20H,4,7,10,13H2,1-3H3,(H,22,23)/t20-/m1/s1. The SMILES string of the molecule is CC[C@@H](Oc1cccc(C)c1)C(=O)NCCCc1cccc(OC)c1. The van der Waals surface area contributed by atoms with E-state index < -0.39 is 6.10 Å². The van der Waals surface area contributed by atoms with Gasteiger partial charge in [-0.05, 0) is 61.6 Å². The third-order valence-electron chi connectivity index (χ3n) is 4.01. The normalized spacial score (nSPS) is 11.6. The molecule has 0 aliphatic rings. The predicted molar refractivity (Wildman–Crippen MR) is 100 cm³/mol. The van der Waals surface area contributed by atoms with Crippen LogP contribution in [0.4, 0.5) is 0 Å². The molecule has 0 aliphatic carbocycles. The monoisotopic (exact) mass is 341 g/mol. The van der Waals surface area contributed by atoms with E-state index in [4.69, 9.17) is 9.47 Å². The van der Waals surface area contributed by atoms with E-state index in [1.54, 1.807) is 7.11 Å². The Hall–Kier alpha value is -2.49. The highest BCUT2D eigenvalue weighted by Gasteiger charge is 2.17. The summed E-state index contributed by atoms with van der Waals surface area (Å²) < 4.78 is 11.0. The van der Waals surface area contributed by atoms with Crippen LogP contribution in [0.2, 0.25) is 0 Å². The summed E-state index contributed by atoms with van der Waals surface area (Å²) in [6.07, 6.45) is 1.95. The molecule has 4 heteroatoms. The van der Waals surface area contributed by atoms with E-state index in [1.165, 1.54) is 5.56 Å². The second-order valence-corrected chi connectivity index (χ2v) is 6.08. The molecule has 0 saturated carbocycles. The van der Waals surface area contributed by atoms with Crippen LogP contribution in [0.15, 0.2) is 48.5 Å². The molecular weight excluding hydrogens is 314 g/mol. The predicted octanol–water partition coefficient (Wildman–Crippen LogP) is 3.91. The van der Waals surface area contributed by atoms with E-state index in [2.05, 4.69) is 11.4 Å². The summed E-state index contributed by atoms with van der Waals surface area (Å²) in [4.78, 5) is 12.3. The van der Waals surface area contributed by atoms with Gasteiger partial charge in [-0.1, -0.05) is 31.2 Å². The van der Waals surface area contributed by atoms with Gasteiger partial charge < -0.3 is 14.8 Å². The molecule has 25 heavy (non-hydrogen) atoms. The lowest BCUT2D eigenvalue weighted by Crippen LogP contribution is -2.38. The number of hydrogen-bond acceptors (Lipinski definition) is 3. The third kappa shape index (κ3) is 6.14. The number of ether oxygens (including phenoxy) is 2. The molecule has 4 nitrogen and oxygen atoms in total. The highest BCUT2D eigenvalue weighted by atomic mass is 16.5. The first-order chi connectivity index (χ1) is 12.1. The number of carbonyl (C=O) groups excluding carboxylic acids is 1. The maximum atomic E-state index is 12.3. The first kappa shape index (κ1) is 18.8.